The van der Waals surface area contributed by atoms with E-state index in [2.05, 4.69) is 30.3 Å². The van der Waals surface area contributed by atoms with Gasteiger partial charge in [-0.1, -0.05) is 31.4 Å². The number of unbranched alkanes of at least 4 members (excludes halogenated alkanes) is 4. The zero-order valence-electron chi connectivity index (χ0n) is 20.8. The summed E-state index contributed by atoms with van der Waals surface area (Å²) in [5.41, 5.74) is -0.0789. The van der Waals surface area contributed by atoms with Crippen LogP contribution in [0.5, 0.6) is 0 Å². The molecule has 0 saturated carbocycles. The maximum Gasteiger partial charge on any atom is 1.00 e. The zero-order chi connectivity index (χ0) is 26.1. The van der Waals surface area contributed by atoms with Crippen molar-refractivity contribution in [1.82, 2.24) is 19.7 Å². The van der Waals surface area contributed by atoms with Crippen molar-refractivity contribution in [1.29, 1.82) is 0 Å². The smallest absolute Gasteiger partial charge is 0.747 e. The van der Waals surface area contributed by atoms with Crippen LogP contribution < -0.4 is 74.5 Å². The Labute approximate surface area is 261 Å². The first kappa shape index (κ1) is 36.6. The second-order valence-electron chi connectivity index (χ2n) is 7.54. The molecule has 0 amide bonds. The molecule has 0 atom stereocenters. The van der Waals surface area contributed by atoms with Gasteiger partial charge in [-0.05, 0) is 25.0 Å². The Kier molecular flexibility index (Phi) is 16.4. The average Bonchev–Trinajstić information content (AvgIpc) is 2.72. The van der Waals surface area contributed by atoms with Gasteiger partial charge in [0.05, 0.1) is 16.8 Å². The van der Waals surface area contributed by atoms with Crippen molar-refractivity contribution in [2.75, 3.05) is 29.3 Å². The van der Waals surface area contributed by atoms with Crippen LogP contribution in [0.3, 0.4) is 0 Å². The molecule has 1 heterocycles. The van der Waals surface area contributed by atoms with Gasteiger partial charge < -0.3 is 19.7 Å². The average molecular weight is 597 g/mol. The molecule has 0 unspecified atom stereocenters. The minimum absolute atomic E-state index is 0. The number of hydrogen-bond acceptors (Lipinski definition) is 13. The summed E-state index contributed by atoms with van der Waals surface area (Å²) in [4.78, 5) is 11.7. The molecule has 3 N–H and O–H groups in total. The number of aryl methyl sites for hydroxylation is 1. The van der Waals surface area contributed by atoms with Crippen molar-refractivity contribution >= 4 is 47.8 Å². The molecule has 14 nitrogen and oxygen atoms in total. The minimum atomic E-state index is -4.80. The Morgan fingerprint density at radius 1 is 0.811 bits per heavy atom. The Bertz CT molecular complexity index is 1330. The quantitative estimate of drug-likeness (QED) is 0.0992. The summed E-state index contributed by atoms with van der Waals surface area (Å²) >= 11 is 0. The zero-order valence-corrected chi connectivity index (χ0v) is 27.2. The number of benzene rings is 1. The predicted molar refractivity (Wildman–Crippen MR) is 125 cm³/mol. The molecule has 2 rings (SSSR count). The van der Waals surface area contributed by atoms with Gasteiger partial charge in [0.25, 0.3) is 0 Å². The van der Waals surface area contributed by atoms with Crippen molar-refractivity contribution < 1.29 is 93.5 Å². The molecule has 196 valence electrons. The molecule has 0 fully saturated rings. The Morgan fingerprint density at radius 3 is 2.03 bits per heavy atom. The Balaban J connectivity index is 0.00000648. The molecular formula is C18H26N6Na2O8S3. The third kappa shape index (κ3) is 15.7. The van der Waals surface area contributed by atoms with E-state index in [4.69, 9.17) is 0 Å². The van der Waals surface area contributed by atoms with E-state index in [0.717, 1.165) is 31.6 Å². The van der Waals surface area contributed by atoms with E-state index in [9.17, 15) is 34.4 Å². The summed E-state index contributed by atoms with van der Waals surface area (Å²) in [6.45, 7) is 0.361. The predicted octanol–water partition coefficient (Wildman–Crippen LogP) is -5.52. The van der Waals surface area contributed by atoms with Crippen LogP contribution in [0, 0.1) is 0 Å². The van der Waals surface area contributed by atoms with Crippen LogP contribution in [0.4, 0.5) is 17.6 Å². The van der Waals surface area contributed by atoms with Gasteiger partial charge >= 0.3 is 59.1 Å². The molecule has 0 aliphatic heterocycles. The molecule has 37 heavy (non-hydrogen) atoms. The van der Waals surface area contributed by atoms with Crippen LogP contribution in [0.25, 0.3) is 0 Å². The van der Waals surface area contributed by atoms with Gasteiger partial charge in [0.1, 0.15) is 31.9 Å². The molecule has 1 aromatic carbocycles. The number of nitrogens with zero attached hydrogens (tertiary/aromatic N) is 3. The summed E-state index contributed by atoms with van der Waals surface area (Å²) in [5.74, 6) is -1.09. The molecule has 0 spiro atoms. The minimum Gasteiger partial charge on any atom is -0.747 e. The van der Waals surface area contributed by atoms with Crippen molar-refractivity contribution in [2.24, 2.45) is 0 Å². The number of rotatable bonds is 15. The van der Waals surface area contributed by atoms with Gasteiger partial charge in [0.2, 0.25) is 21.9 Å². The van der Waals surface area contributed by atoms with Gasteiger partial charge in [-0.2, -0.15) is 15.0 Å². The van der Waals surface area contributed by atoms with Crippen molar-refractivity contribution in [3.63, 3.8) is 0 Å². The fraction of sp³-hybridized carbons (Fsp3) is 0.500. The van der Waals surface area contributed by atoms with E-state index in [-0.39, 0.29) is 82.5 Å². The fourth-order valence-corrected chi connectivity index (χ4v) is 4.38. The first-order valence-corrected chi connectivity index (χ1v) is 15.3. The van der Waals surface area contributed by atoms with E-state index in [1.165, 1.54) is 18.2 Å². The first-order chi connectivity index (χ1) is 16.2. The molecule has 19 heteroatoms. The molecule has 1 aromatic heterocycles. The van der Waals surface area contributed by atoms with Gasteiger partial charge in [-0.25, -0.2) is 30.0 Å². The van der Waals surface area contributed by atoms with E-state index in [1.54, 1.807) is 0 Å². The number of para-hydroxylation sites is 1. The second-order valence-corrected chi connectivity index (χ2v) is 12.1. The summed E-state index contributed by atoms with van der Waals surface area (Å²) in [5, 5.41) is 4.92. The third-order valence-electron chi connectivity index (χ3n) is 4.43. The fourth-order valence-electron chi connectivity index (χ4n) is 2.92. The van der Waals surface area contributed by atoms with E-state index < -0.39 is 41.0 Å². The summed E-state index contributed by atoms with van der Waals surface area (Å²) in [7, 11) is -12.6. The molecule has 0 saturated heterocycles. The van der Waals surface area contributed by atoms with Gasteiger partial charge in [-0.3, -0.25) is 0 Å². The first-order valence-electron chi connectivity index (χ1n) is 10.4. The monoisotopic (exact) mass is 596 g/mol. The largest absolute Gasteiger partial charge is 1.00 e. The second kappa shape index (κ2) is 16.6. The maximum atomic E-state index is 11.5. The Morgan fingerprint density at radius 2 is 1.41 bits per heavy atom. The topological polar surface area (TPSA) is 223 Å². The van der Waals surface area contributed by atoms with E-state index in [0.29, 0.717) is 25.8 Å². The van der Waals surface area contributed by atoms with Gasteiger partial charge in [-0.15, -0.1) is 0 Å². The van der Waals surface area contributed by atoms with Gasteiger partial charge in [0, 0.05) is 13.0 Å². The third-order valence-corrected chi connectivity index (χ3v) is 6.55. The van der Waals surface area contributed by atoms with Crippen LogP contribution in [0.15, 0.2) is 29.2 Å². The number of nitrogens with one attached hydrogen (secondary N) is 3. The molecular weight excluding hydrogens is 570 g/mol. The van der Waals surface area contributed by atoms with Crippen molar-refractivity contribution in [2.45, 2.75) is 43.4 Å². The summed E-state index contributed by atoms with van der Waals surface area (Å²) < 4.78 is 91.9. The van der Waals surface area contributed by atoms with Crippen LogP contribution in [0.2, 0.25) is 0 Å². The number of anilines is 3. The van der Waals surface area contributed by atoms with Crippen molar-refractivity contribution in [3.05, 3.63) is 30.1 Å². The van der Waals surface area contributed by atoms with Gasteiger partial charge in [0.15, 0.2) is 0 Å². The number of sulfonamides is 1. The molecule has 0 bridgehead atoms. The molecule has 0 radical (unpaired) electrons. The summed E-state index contributed by atoms with van der Waals surface area (Å²) in [6, 6.07) is 5.31. The molecule has 0 aliphatic rings. The normalized spacial score (nSPS) is 11.8. The Hall–Kier alpha value is -0.440. The molecule has 2 aromatic rings. The van der Waals surface area contributed by atoms with Crippen LogP contribution in [-0.2, 0) is 36.7 Å². The molecule has 0 aliphatic carbocycles. The van der Waals surface area contributed by atoms with Crippen molar-refractivity contribution in [3.8, 4) is 0 Å². The standard InChI is InChI=1S/C18H28N6O8S3.2Na/c1-33(25,26)20-12-8-4-2-3-5-11-16-22-17(19-13-34(27,28)29)24-18(23-16)21-14-9-6-7-10-15(14)35(30,31)32;;/h6-7,9-10,20H,2-5,8,11-13H2,1H3,(H,27,28,29)(H,30,31,32)(H2,19,21,22,23,24);;/q;2*+1/p-2. The number of hydrogen-bond donors (Lipinski definition) is 3. The SMILES string of the molecule is CS(=O)(=O)NCCCCCCCc1nc(NCS(=O)(=O)[O-])nc(Nc2ccccc2S(=O)(=O)[O-])n1.[Na+].[Na+]. The van der Waals surface area contributed by atoms with E-state index in [1.807, 2.05) is 0 Å². The number of aromatic nitrogens is 3. The van der Waals surface area contributed by atoms with Crippen LogP contribution >= 0.6 is 0 Å². The van der Waals surface area contributed by atoms with Crippen LogP contribution in [0.1, 0.15) is 37.9 Å². The van der Waals surface area contributed by atoms with E-state index >= 15 is 0 Å². The maximum absolute atomic E-state index is 11.5. The van der Waals surface area contributed by atoms with Crippen LogP contribution in [-0.4, -0.2) is 68.0 Å². The summed E-state index contributed by atoms with van der Waals surface area (Å²) in [6.07, 6.45) is 5.21.